The Labute approximate surface area is 113 Å². The van der Waals surface area contributed by atoms with E-state index < -0.39 is 0 Å². The smallest absolute Gasteiger partial charge is 0.310 e. The first-order valence-corrected chi connectivity index (χ1v) is 7.11. The third-order valence-corrected chi connectivity index (χ3v) is 4.41. The predicted molar refractivity (Wildman–Crippen MR) is 74.6 cm³/mol. The molecule has 0 aliphatic heterocycles. The van der Waals surface area contributed by atoms with Gasteiger partial charge in [-0.1, -0.05) is 22.0 Å². The van der Waals surface area contributed by atoms with Crippen LogP contribution in [0.3, 0.4) is 0 Å². The third kappa shape index (κ3) is 2.53. The molecule has 0 spiro atoms. The van der Waals surface area contributed by atoms with Crippen molar-refractivity contribution in [3.63, 3.8) is 0 Å². The molecule has 0 saturated carbocycles. The fraction of sp³-hybridized carbons (Fsp3) is 0.308. The molecular weight excluding hydrogens is 300 g/mol. The fourth-order valence-electron chi connectivity index (χ4n) is 1.80. The van der Waals surface area contributed by atoms with Crippen molar-refractivity contribution in [2.75, 3.05) is 6.61 Å². The molecule has 0 unspecified atom stereocenters. The highest BCUT2D eigenvalue weighted by Gasteiger charge is 2.13. The molecule has 0 fully saturated rings. The topological polar surface area (TPSA) is 26.3 Å². The Morgan fingerprint density at radius 3 is 2.94 bits per heavy atom. The Bertz CT molecular complexity index is 560. The Hall–Kier alpha value is -0.870. The monoisotopic (exact) mass is 312 g/mol. The van der Waals surface area contributed by atoms with Gasteiger partial charge in [0.1, 0.15) is 0 Å². The zero-order chi connectivity index (χ0) is 12.4. The van der Waals surface area contributed by atoms with Gasteiger partial charge in [-0.15, -0.1) is 11.3 Å². The zero-order valence-electron chi connectivity index (χ0n) is 9.75. The maximum Gasteiger partial charge on any atom is 0.310 e. The number of benzene rings is 1. The molecule has 2 rings (SSSR count). The summed E-state index contributed by atoms with van der Waals surface area (Å²) < 4.78 is 7.26. The molecule has 1 heterocycles. The van der Waals surface area contributed by atoms with Crippen LogP contribution in [0, 0.1) is 6.92 Å². The molecule has 1 aromatic heterocycles. The predicted octanol–water partition coefficient (Wildman–Crippen LogP) is 4.08. The second-order valence-electron chi connectivity index (χ2n) is 3.81. The van der Waals surface area contributed by atoms with Crippen molar-refractivity contribution in [1.82, 2.24) is 0 Å². The van der Waals surface area contributed by atoms with Crippen LogP contribution < -0.4 is 0 Å². The molecule has 0 bridgehead atoms. The van der Waals surface area contributed by atoms with Gasteiger partial charge in [-0.25, -0.2) is 0 Å². The summed E-state index contributed by atoms with van der Waals surface area (Å²) in [6.07, 6.45) is 0.343. The van der Waals surface area contributed by atoms with Crippen LogP contribution in [0.15, 0.2) is 22.0 Å². The summed E-state index contributed by atoms with van der Waals surface area (Å²) in [7, 11) is 0. The molecule has 0 radical (unpaired) electrons. The SMILES string of the molecule is CCOC(=O)Cc1csc2c(C)ccc(Br)c12. The molecule has 1 aromatic carbocycles. The third-order valence-electron chi connectivity index (χ3n) is 2.58. The van der Waals surface area contributed by atoms with E-state index in [4.69, 9.17) is 4.74 Å². The summed E-state index contributed by atoms with van der Waals surface area (Å²) in [6, 6.07) is 4.11. The molecule has 17 heavy (non-hydrogen) atoms. The summed E-state index contributed by atoms with van der Waals surface area (Å²) in [5.74, 6) is -0.166. The molecule has 0 N–H and O–H groups in total. The van der Waals surface area contributed by atoms with Gasteiger partial charge in [0.2, 0.25) is 0 Å². The normalized spacial score (nSPS) is 10.8. The number of hydrogen-bond donors (Lipinski definition) is 0. The van der Waals surface area contributed by atoms with Crippen LogP contribution in [-0.2, 0) is 16.0 Å². The summed E-state index contributed by atoms with van der Waals surface area (Å²) in [5, 5.41) is 3.18. The van der Waals surface area contributed by atoms with E-state index in [0.717, 1.165) is 15.4 Å². The number of rotatable bonds is 3. The van der Waals surface area contributed by atoms with E-state index in [2.05, 4.69) is 28.9 Å². The molecule has 2 nitrogen and oxygen atoms in total. The Morgan fingerprint density at radius 1 is 1.47 bits per heavy atom. The van der Waals surface area contributed by atoms with Crippen molar-refractivity contribution in [2.24, 2.45) is 0 Å². The number of thiophene rings is 1. The van der Waals surface area contributed by atoms with Crippen LogP contribution in [0.25, 0.3) is 10.1 Å². The van der Waals surface area contributed by atoms with Gasteiger partial charge < -0.3 is 4.74 Å². The minimum Gasteiger partial charge on any atom is -0.466 e. The average molecular weight is 313 g/mol. The van der Waals surface area contributed by atoms with Crippen LogP contribution in [-0.4, -0.2) is 12.6 Å². The summed E-state index contributed by atoms with van der Waals surface area (Å²) in [5.41, 5.74) is 2.28. The standard InChI is InChI=1S/C13H13BrO2S/c1-3-16-11(15)6-9-7-17-13-8(2)4-5-10(14)12(9)13/h4-5,7H,3,6H2,1-2H3. The molecule has 0 aliphatic rings. The minimum atomic E-state index is -0.166. The zero-order valence-corrected chi connectivity index (χ0v) is 12.2. The second-order valence-corrected chi connectivity index (χ2v) is 5.55. The lowest BCUT2D eigenvalue weighted by Crippen LogP contribution is -2.07. The van der Waals surface area contributed by atoms with Gasteiger partial charge >= 0.3 is 5.97 Å². The molecule has 90 valence electrons. The van der Waals surface area contributed by atoms with E-state index in [-0.39, 0.29) is 5.97 Å². The van der Waals surface area contributed by atoms with E-state index in [1.807, 2.05) is 18.4 Å². The number of halogens is 1. The average Bonchev–Trinajstić information content (AvgIpc) is 2.69. The molecule has 0 saturated heterocycles. The quantitative estimate of drug-likeness (QED) is 0.798. The van der Waals surface area contributed by atoms with Gasteiger partial charge in [0.05, 0.1) is 13.0 Å². The first-order chi connectivity index (χ1) is 8.13. The number of ether oxygens (including phenoxy) is 1. The first kappa shape index (κ1) is 12.6. The lowest BCUT2D eigenvalue weighted by molar-refractivity contribution is -0.142. The van der Waals surface area contributed by atoms with Gasteiger partial charge in [0, 0.05) is 14.6 Å². The summed E-state index contributed by atoms with van der Waals surface area (Å²) in [6.45, 7) is 4.34. The molecule has 2 aromatic rings. The number of carbonyl (C=O) groups is 1. The first-order valence-electron chi connectivity index (χ1n) is 5.44. The van der Waals surface area contributed by atoms with Crippen LogP contribution in [0.2, 0.25) is 0 Å². The Balaban J connectivity index is 2.42. The molecule has 0 atom stereocenters. The van der Waals surface area contributed by atoms with Crippen molar-refractivity contribution in [2.45, 2.75) is 20.3 Å². The maximum atomic E-state index is 11.5. The van der Waals surface area contributed by atoms with Crippen LogP contribution in [0.5, 0.6) is 0 Å². The van der Waals surface area contributed by atoms with Gasteiger partial charge in [-0.05, 0) is 36.4 Å². The van der Waals surface area contributed by atoms with E-state index in [9.17, 15) is 4.79 Å². The van der Waals surface area contributed by atoms with Crippen LogP contribution >= 0.6 is 27.3 Å². The summed E-state index contributed by atoms with van der Waals surface area (Å²) in [4.78, 5) is 11.5. The molecule has 0 amide bonds. The van der Waals surface area contributed by atoms with E-state index in [0.29, 0.717) is 13.0 Å². The Kier molecular flexibility index (Phi) is 3.84. The highest BCUT2D eigenvalue weighted by Crippen LogP contribution is 2.35. The van der Waals surface area contributed by atoms with E-state index in [1.54, 1.807) is 11.3 Å². The number of carbonyl (C=O) groups excluding carboxylic acids is 1. The largest absolute Gasteiger partial charge is 0.466 e. The lowest BCUT2D eigenvalue weighted by atomic mass is 10.1. The number of fused-ring (bicyclic) bond motifs is 1. The van der Waals surface area contributed by atoms with Gasteiger partial charge in [0.15, 0.2) is 0 Å². The van der Waals surface area contributed by atoms with Crippen molar-refractivity contribution >= 4 is 43.3 Å². The summed E-state index contributed by atoms with van der Waals surface area (Å²) >= 11 is 5.22. The lowest BCUT2D eigenvalue weighted by Gasteiger charge is -2.03. The van der Waals surface area contributed by atoms with Crippen LogP contribution in [0.1, 0.15) is 18.1 Å². The van der Waals surface area contributed by atoms with Gasteiger partial charge in [-0.2, -0.15) is 0 Å². The van der Waals surface area contributed by atoms with E-state index >= 15 is 0 Å². The highest BCUT2D eigenvalue weighted by molar-refractivity contribution is 9.10. The number of aryl methyl sites for hydroxylation is 1. The van der Waals surface area contributed by atoms with Gasteiger partial charge in [0.25, 0.3) is 0 Å². The highest BCUT2D eigenvalue weighted by atomic mass is 79.9. The molecule has 4 heteroatoms. The van der Waals surface area contributed by atoms with Crippen molar-refractivity contribution in [3.05, 3.63) is 33.1 Å². The fourth-order valence-corrected chi connectivity index (χ4v) is 3.59. The maximum absolute atomic E-state index is 11.5. The molecular formula is C13H13BrO2S. The van der Waals surface area contributed by atoms with Crippen molar-refractivity contribution in [1.29, 1.82) is 0 Å². The minimum absolute atomic E-state index is 0.166. The molecule has 0 aliphatic carbocycles. The number of hydrogen-bond acceptors (Lipinski definition) is 3. The van der Waals surface area contributed by atoms with E-state index in [1.165, 1.54) is 10.3 Å². The van der Waals surface area contributed by atoms with Gasteiger partial charge in [-0.3, -0.25) is 4.79 Å². The Morgan fingerprint density at radius 2 is 2.24 bits per heavy atom. The second kappa shape index (κ2) is 5.19. The van der Waals surface area contributed by atoms with Crippen molar-refractivity contribution in [3.8, 4) is 0 Å². The number of esters is 1. The van der Waals surface area contributed by atoms with Crippen LogP contribution in [0.4, 0.5) is 0 Å². The van der Waals surface area contributed by atoms with Crippen molar-refractivity contribution < 1.29 is 9.53 Å².